The fourth-order valence-corrected chi connectivity index (χ4v) is 1.21. The minimum Gasteiger partial charge on any atom is -0.211 e. The van der Waals surface area contributed by atoms with Crippen LogP contribution in [0.15, 0.2) is 23.2 Å². The summed E-state index contributed by atoms with van der Waals surface area (Å²) >= 11 is 0. The molecule has 62 valence electrons. The Labute approximate surface area is 71.9 Å². The lowest BCUT2D eigenvalue weighted by molar-refractivity contribution is 0.565. The average molecular weight is 161 g/mol. The predicted octanol–water partition coefficient (Wildman–Crippen LogP) is 2.52. The molecular weight excluding hydrogens is 150 g/mol. The molecule has 0 unspecified atom stereocenters. The zero-order valence-corrected chi connectivity index (χ0v) is 7.29. The van der Waals surface area contributed by atoms with E-state index in [-0.39, 0.29) is 0 Å². The quantitative estimate of drug-likeness (QED) is 0.484. The van der Waals surface area contributed by atoms with Crippen molar-refractivity contribution in [3.63, 3.8) is 0 Å². The van der Waals surface area contributed by atoms with Gasteiger partial charge in [0, 0.05) is 0 Å². The topological polar surface area (TPSA) is 29.4 Å². The molecule has 1 rings (SSSR count). The Bertz CT molecular complexity index is 325. The number of para-hydroxylation sites is 1. The minimum absolute atomic E-state index is 0.773. The van der Waals surface area contributed by atoms with Gasteiger partial charge < -0.3 is 0 Å². The molecule has 0 saturated carbocycles. The van der Waals surface area contributed by atoms with E-state index in [1.54, 1.807) is 6.08 Å². The van der Waals surface area contributed by atoms with Gasteiger partial charge in [-0.3, -0.25) is 0 Å². The molecule has 0 aromatic heterocycles. The van der Waals surface area contributed by atoms with E-state index in [1.807, 2.05) is 32.0 Å². The van der Waals surface area contributed by atoms with Crippen LogP contribution in [0.3, 0.4) is 0 Å². The Balaban J connectivity index is 3.28. The lowest BCUT2D eigenvalue weighted by Crippen LogP contribution is -1.83. The maximum atomic E-state index is 10.1. The summed E-state index contributed by atoms with van der Waals surface area (Å²) in [5.41, 5.74) is 2.89. The van der Waals surface area contributed by atoms with Crippen molar-refractivity contribution < 1.29 is 4.79 Å². The highest BCUT2D eigenvalue weighted by atomic mass is 16.1. The van der Waals surface area contributed by atoms with Gasteiger partial charge in [-0.15, -0.1) is 0 Å². The van der Waals surface area contributed by atoms with E-state index < -0.39 is 0 Å². The van der Waals surface area contributed by atoms with Gasteiger partial charge in [0.1, 0.15) is 0 Å². The second-order valence-electron chi connectivity index (χ2n) is 2.64. The summed E-state index contributed by atoms with van der Waals surface area (Å²) in [6.45, 7) is 3.98. The Morgan fingerprint density at radius 2 is 2.25 bits per heavy atom. The summed E-state index contributed by atoms with van der Waals surface area (Å²) in [6.07, 6.45) is 2.47. The summed E-state index contributed by atoms with van der Waals surface area (Å²) in [5, 5.41) is 0. The van der Waals surface area contributed by atoms with Gasteiger partial charge in [-0.05, 0) is 24.5 Å². The molecule has 0 aliphatic rings. The third-order valence-corrected chi connectivity index (χ3v) is 1.86. The summed E-state index contributed by atoms with van der Waals surface area (Å²) < 4.78 is 0. The monoisotopic (exact) mass is 161 g/mol. The molecular formula is C10H11NO. The number of carbonyl (C=O) groups excluding carboxylic acids is 1. The van der Waals surface area contributed by atoms with Crippen LogP contribution in [-0.2, 0) is 11.2 Å². The van der Waals surface area contributed by atoms with Crippen LogP contribution in [-0.4, -0.2) is 6.08 Å². The minimum atomic E-state index is 0.773. The lowest BCUT2D eigenvalue weighted by atomic mass is 10.1. The highest BCUT2D eigenvalue weighted by molar-refractivity contribution is 5.58. The molecule has 0 spiro atoms. The van der Waals surface area contributed by atoms with Gasteiger partial charge in [0.15, 0.2) is 0 Å². The SMILES string of the molecule is CCc1cccc(C)c1N=C=O. The summed E-state index contributed by atoms with van der Waals surface area (Å²) in [7, 11) is 0. The van der Waals surface area contributed by atoms with Crippen LogP contribution >= 0.6 is 0 Å². The first-order valence-corrected chi connectivity index (χ1v) is 3.96. The number of nitrogens with zero attached hydrogens (tertiary/aromatic N) is 1. The molecule has 0 saturated heterocycles. The van der Waals surface area contributed by atoms with E-state index in [1.165, 1.54) is 0 Å². The van der Waals surface area contributed by atoms with Crippen molar-refractivity contribution in [2.75, 3.05) is 0 Å². The van der Waals surface area contributed by atoms with Crippen LogP contribution in [0.1, 0.15) is 18.1 Å². The zero-order valence-electron chi connectivity index (χ0n) is 7.29. The van der Waals surface area contributed by atoms with Crippen molar-refractivity contribution >= 4 is 11.8 Å². The zero-order chi connectivity index (χ0) is 8.97. The van der Waals surface area contributed by atoms with Gasteiger partial charge >= 0.3 is 0 Å². The number of aryl methyl sites for hydroxylation is 2. The predicted molar refractivity (Wildman–Crippen MR) is 48.3 cm³/mol. The van der Waals surface area contributed by atoms with Crippen LogP contribution in [0.25, 0.3) is 0 Å². The highest BCUT2D eigenvalue weighted by Crippen LogP contribution is 2.23. The molecule has 0 fully saturated rings. The first-order chi connectivity index (χ1) is 5.79. The smallest absolute Gasteiger partial charge is 0.211 e. The van der Waals surface area contributed by atoms with E-state index in [9.17, 15) is 4.79 Å². The standard InChI is InChI=1S/C10H11NO/c1-3-9-6-4-5-8(2)10(9)11-7-12/h4-6H,3H2,1-2H3. The molecule has 12 heavy (non-hydrogen) atoms. The molecule has 0 heterocycles. The van der Waals surface area contributed by atoms with Crippen LogP contribution in [0, 0.1) is 6.92 Å². The number of rotatable bonds is 2. The molecule has 0 bridgehead atoms. The van der Waals surface area contributed by atoms with Crippen molar-refractivity contribution in [3.8, 4) is 0 Å². The van der Waals surface area contributed by atoms with E-state index >= 15 is 0 Å². The number of hydrogen-bond donors (Lipinski definition) is 0. The van der Waals surface area contributed by atoms with Gasteiger partial charge in [-0.25, -0.2) is 4.79 Å². The van der Waals surface area contributed by atoms with Crippen molar-refractivity contribution in [1.29, 1.82) is 0 Å². The Hall–Kier alpha value is -1.40. The molecule has 1 aromatic rings. The van der Waals surface area contributed by atoms with Crippen LogP contribution < -0.4 is 0 Å². The van der Waals surface area contributed by atoms with Crippen LogP contribution in [0.2, 0.25) is 0 Å². The van der Waals surface area contributed by atoms with Crippen molar-refractivity contribution in [3.05, 3.63) is 29.3 Å². The van der Waals surface area contributed by atoms with Crippen LogP contribution in [0.5, 0.6) is 0 Å². The molecule has 2 nitrogen and oxygen atoms in total. The third-order valence-electron chi connectivity index (χ3n) is 1.86. The summed E-state index contributed by atoms with van der Waals surface area (Å²) in [6, 6.07) is 5.89. The summed E-state index contributed by atoms with van der Waals surface area (Å²) in [4.78, 5) is 13.8. The number of hydrogen-bond acceptors (Lipinski definition) is 2. The number of isocyanates is 1. The van der Waals surface area contributed by atoms with E-state index in [0.29, 0.717) is 0 Å². The fraction of sp³-hybridized carbons (Fsp3) is 0.300. The van der Waals surface area contributed by atoms with Crippen molar-refractivity contribution in [2.24, 2.45) is 4.99 Å². The molecule has 0 atom stereocenters. The molecule has 0 aliphatic heterocycles. The third kappa shape index (κ3) is 1.60. The second kappa shape index (κ2) is 3.84. The van der Waals surface area contributed by atoms with Gasteiger partial charge in [0.05, 0.1) is 5.69 Å². The molecule has 0 radical (unpaired) electrons. The number of benzene rings is 1. The molecule has 0 N–H and O–H groups in total. The molecule has 0 aliphatic carbocycles. The van der Waals surface area contributed by atoms with Crippen molar-refractivity contribution in [2.45, 2.75) is 20.3 Å². The maximum Gasteiger partial charge on any atom is 0.240 e. The van der Waals surface area contributed by atoms with E-state index in [2.05, 4.69) is 4.99 Å². The maximum absolute atomic E-state index is 10.1. The molecule has 2 heteroatoms. The fourth-order valence-electron chi connectivity index (χ4n) is 1.21. The van der Waals surface area contributed by atoms with E-state index in [4.69, 9.17) is 0 Å². The first kappa shape index (κ1) is 8.69. The first-order valence-electron chi connectivity index (χ1n) is 3.96. The van der Waals surface area contributed by atoms with Gasteiger partial charge in [-0.1, -0.05) is 25.1 Å². The van der Waals surface area contributed by atoms with Gasteiger partial charge in [0.2, 0.25) is 6.08 Å². The Morgan fingerprint density at radius 1 is 1.50 bits per heavy atom. The highest BCUT2D eigenvalue weighted by Gasteiger charge is 2.00. The normalized spacial score (nSPS) is 9.17. The second-order valence-corrected chi connectivity index (χ2v) is 2.64. The Kier molecular flexibility index (Phi) is 2.78. The van der Waals surface area contributed by atoms with Gasteiger partial charge in [-0.2, -0.15) is 4.99 Å². The van der Waals surface area contributed by atoms with Crippen LogP contribution in [0.4, 0.5) is 5.69 Å². The summed E-state index contributed by atoms with van der Waals surface area (Å²) in [5.74, 6) is 0. The molecule has 0 amide bonds. The average Bonchev–Trinajstić information content (AvgIpc) is 2.09. The molecule has 1 aromatic carbocycles. The lowest BCUT2D eigenvalue weighted by Gasteiger charge is -2.03. The van der Waals surface area contributed by atoms with E-state index in [0.717, 1.165) is 23.2 Å². The Morgan fingerprint density at radius 3 is 2.83 bits per heavy atom. The number of aliphatic imine (C=N–C) groups is 1. The van der Waals surface area contributed by atoms with Gasteiger partial charge in [0.25, 0.3) is 0 Å². The van der Waals surface area contributed by atoms with Crippen molar-refractivity contribution in [1.82, 2.24) is 0 Å². The largest absolute Gasteiger partial charge is 0.240 e.